The van der Waals surface area contributed by atoms with Gasteiger partial charge in [-0.15, -0.1) is 0 Å². The molecule has 0 atom stereocenters. The summed E-state index contributed by atoms with van der Waals surface area (Å²) in [5.74, 6) is 0.759. The molecule has 0 amide bonds. The van der Waals surface area contributed by atoms with E-state index in [4.69, 9.17) is 15.0 Å². The van der Waals surface area contributed by atoms with Crippen LogP contribution in [0.5, 0.6) is 0 Å². The van der Waals surface area contributed by atoms with Gasteiger partial charge in [0.25, 0.3) is 0 Å². The van der Waals surface area contributed by atoms with Crippen LogP contribution in [0.2, 0.25) is 0 Å². The van der Waals surface area contributed by atoms with Gasteiger partial charge in [-0.1, -0.05) is 97.1 Å². The zero-order valence-electron chi connectivity index (χ0n) is 55.6. The fraction of sp³-hybridized carbons (Fsp3) is 0.0227. The average Bonchev–Trinajstić information content (AvgIpc) is 1.58. The molecule has 0 saturated heterocycles. The minimum absolute atomic E-state index is 0.00956. The predicted molar refractivity (Wildman–Crippen MR) is 394 cm³/mol. The van der Waals surface area contributed by atoms with Crippen molar-refractivity contribution in [2.45, 2.75) is 13.1 Å². The van der Waals surface area contributed by atoms with Crippen LogP contribution in [0, 0.1) is 132 Å². The van der Waals surface area contributed by atoms with E-state index in [0.29, 0.717) is 105 Å². The molecular formula is C88H39F3N16. The number of rotatable bonds is 10. The van der Waals surface area contributed by atoms with Crippen molar-refractivity contribution < 1.29 is 13.2 Å². The van der Waals surface area contributed by atoms with E-state index in [0.717, 1.165) is 12.1 Å². The first kappa shape index (κ1) is 66.3. The third-order valence-corrected chi connectivity index (χ3v) is 18.8. The Morgan fingerprint density at radius 1 is 0.280 bits per heavy atom. The number of alkyl halides is 3. The number of aromatic nitrogens is 5. The number of hydrogen-bond donors (Lipinski definition) is 0. The zero-order chi connectivity index (χ0) is 74.5. The Labute approximate surface area is 607 Å². The third kappa shape index (κ3) is 11.3. The molecule has 19 heteroatoms. The van der Waals surface area contributed by atoms with Crippen molar-refractivity contribution in [3.63, 3.8) is 0 Å². The molecule has 15 rings (SSSR count). The fourth-order valence-corrected chi connectivity index (χ4v) is 14.2. The topological polar surface area (TPSA) is 310 Å². The van der Waals surface area contributed by atoms with E-state index in [2.05, 4.69) is 48.6 Å². The second kappa shape index (κ2) is 26.5. The van der Waals surface area contributed by atoms with Gasteiger partial charge in [0.2, 0.25) is 0 Å². The summed E-state index contributed by atoms with van der Waals surface area (Å²) in [7, 11) is 0. The van der Waals surface area contributed by atoms with Crippen LogP contribution in [0.25, 0.3) is 145 Å². The second-order valence-electron chi connectivity index (χ2n) is 24.9. The maximum Gasteiger partial charge on any atom is 0.416 e. The molecule has 16 nitrogen and oxygen atoms in total. The van der Waals surface area contributed by atoms with E-state index >= 15 is 13.2 Å². The molecule has 0 spiro atoms. The molecule has 492 valence electrons. The Balaban J connectivity index is 1.09. The first-order valence-electron chi connectivity index (χ1n) is 32.6. The van der Waals surface area contributed by atoms with Crippen LogP contribution in [0.4, 0.5) is 13.2 Å². The summed E-state index contributed by atoms with van der Waals surface area (Å²) in [6.07, 6.45) is -4.95. The van der Waals surface area contributed by atoms with Gasteiger partial charge in [-0.3, -0.25) is 0 Å². The number of halogens is 3. The molecule has 0 saturated carbocycles. The Morgan fingerprint density at radius 2 is 0.598 bits per heavy atom. The predicted octanol–water partition coefficient (Wildman–Crippen LogP) is 19.3. The summed E-state index contributed by atoms with van der Waals surface area (Å²) < 4.78 is 51.7. The summed E-state index contributed by atoms with van der Waals surface area (Å²) >= 11 is 0. The van der Waals surface area contributed by atoms with Crippen LogP contribution in [0.1, 0.15) is 72.3 Å². The van der Waals surface area contributed by atoms with Gasteiger partial charge in [-0.25, -0.2) is 15.0 Å². The number of nitrogens with zero attached hydrogens (tertiary/aromatic N) is 16. The molecule has 0 aliphatic heterocycles. The van der Waals surface area contributed by atoms with Gasteiger partial charge in [-0.05, 0) is 156 Å². The summed E-state index contributed by atoms with van der Waals surface area (Å²) in [5.41, 5.74) is 7.11. The largest absolute Gasteiger partial charge is 0.416 e. The van der Waals surface area contributed by atoms with Crippen LogP contribution in [0.3, 0.4) is 0 Å². The lowest BCUT2D eigenvalue weighted by molar-refractivity contribution is -0.137. The minimum Gasteiger partial charge on any atom is -0.309 e. The second-order valence-corrected chi connectivity index (χ2v) is 24.9. The number of nitriles is 11. The quantitative estimate of drug-likeness (QED) is 0.123. The average molecular weight is 1380 g/mol. The van der Waals surface area contributed by atoms with E-state index < -0.39 is 11.7 Å². The Hall–Kier alpha value is -16.6. The summed E-state index contributed by atoms with van der Waals surface area (Å²) in [6.45, 7) is 1.77. The van der Waals surface area contributed by atoms with E-state index in [9.17, 15) is 57.9 Å². The maximum absolute atomic E-state index is 16.0. The van der Waals surface area contributed by atoms with Crippen molar-refractivity contribution in [2.24, 2.45) is 0 Å². The molecule has 0 unspecified atom stereocenters. The van der Waals surface area contributed by atoms with Crippen molar-refractivity contribution in [2.75, 3.05) is 0 Å². The molecule has 12 aromatic carbocycles. The molecule has 3 heterocycles. The monoisotopic (exact) mass is 1380 g/mol. The number of benzene rings is 12. The van der Waals surface area contributed by atoms with Gasteiger partial charge in [-0.2, -0.15) is 71.1 Å². The Morgan fingerprint density at radius 3 is 0.944 bits per heavy atom. The Kier molecular flexibility index (Phi) is 16.4. The number of fused-ring (bicyclic) bond motifs is 6. The lowest BCUT2D eigenvalue weighted by Gasteiger charge is -2.21. The smallest absolute Gasteiger partial charge is 0.309 e. The molecule has 107 heavy (non-hydrogen) atoms. The van der Waals surface area contributed by atoms with Crippen LogP contribution in [-0.2, 0) is 6.18 Å². The molecule has 0 bridgehead atoms. The van der Waals surface area contributed by atoms with Gasteiger partial charge in [0.05, 0.1) is 167 Å². The SMILES string of the molecule is Cc1cc(C#N)cc(C#N)c1-c1ccc2c(c1)c1cc(-c3c(C#N)cc(C#N)cc3C#N)ccc1n2-c1ccc(C(F)(F)F)cc1-c1ccc(-c2nc(-c3ccccc3)nc(-c3ccccc3)n2)cc1-n1c2ccc(-c3c(C#N)cc(C#N)cc3C#N)cc2c2cc(-c3c(C#N)cc(C#N)cc3C#N)ccc21. The van der Waals surface area contributed by atoms with Gasteiger partial charge < -0.3 is 9.13 Å². The lowest BCUT2D eigenvalue weighted by Crippen LogP contribution is -2.08. The minimum atomic E-state index is -4.95. The van der Waals surface area contributed by atoms with Crippen molar-refractivity contribution >= 4 is 43.6 Å². The molecule has 0 N–H and O–H groups in total. The molecule has 0 fully saturated rings. The molecule has 0 aliphatic rings. The van der Waals surface area contributed by atoms with Crippen LogP contribution in [-0.4, -0.2) is 24.1 Å². The van der Waals surface area contributed by atoms with Crippen molar-refractivity contribution in [1.82, 2.24) is 24.1 Å². The summed E-state index contributed by atoms with van der Waals surface area (Å²) in [6, 6.07) is 82.7. The summed E-state index contributed by atoms with van der Waals surface area (Å²) in [5, 5.41) is 117. The van der Waals surface area contributed by atoms with Gasteiger partial charge in [0, 0.05) is 71.6 Å². The van der Waals surface area contributed by atoms with E-state index in [1.165, 1.54) is 48.5 Å². The van der Waals surface area contributed by atoms with Crippen LogP contribution >= 0.6 is 0 Å². The highest BCUT2D eigenvalue weighted by Crippen LogP contribution is 2.48. The van der Waals surface area contributed by atoms with Gasteiger partial charge in [0.15, 0.2) is 17.5 Å². The number of hydrogen-bond acceptors (Lipinski definition) is 14. The standard InChI is InChI=1S/C88H39F3N16/c1-49-24-50(38-92)25-61(42-96)81(49)56-13-19-75-70(32-56)71-33-57(82-62(43-97)26-51(39-93)27-63(82)44-98)14-20-76(71)106(75)79-23-17-68(88(89,90)91)37-74(79)69-18-12-60(87-104-85(54-8-4-2-5-9-54)103-86(105-87)55-10-6-3-7-11-55)36-80(69)107-77-21-15-58(83-64(45-99)28-52(40-94)29-65(83)46-100)34-72(77)73-35-59(16-22-78(73)107)84-66(47-101)30-53(41-95)31-67(84)48-102/h2-37H,1H3. The first-order chi connectivity index (χ1) is 52.0. The zero-order valence-corrected chi connectivity index (χ0v) is 55.6. The fourth-order valence-electron chi connectivity index (χ4n) is 14.2. The third-order valence-electron chi connectivity index (χ3n) is 18.8. The highest BCUT2D eigenvalue weighted by molar-refractivity contribution is 6.15. The Bertz CT molecular complexity index is 6650. The lowest BCUT2D eigenvalue weighted by atomic mass is 9.91. The molecule has 15 aromatic rings. The normalized spacial score (nSPS) is 10.9. The highest BCUT2D eigenvalue weighted by Gasteiger charge is 2.33. The van der Waals surface area contributed by atoms with Crippen LogP contribution in [0.15, 0.2) is 218 Å². The van der Waals surface area contributed by atoms with Gasteiger partial charge in [0.1, 0.15) is 0 Å². The molecule has 0 aliphatic carbocycles. The van der Waals surface area contributed by atoms with Crippen molar-refractivity contribution in [3.05, 3.63) is 291 Å². The molecular weight excluding hydrogens is 1340 g/mol. The van der Waals surface area contributed by atoms with Gasteiger partial charge >= 0.3 is 6.18 Å². The van der Waals surface area contributed by atoms with Crippen molar-refractivity contribution in [3.8, 4) is 168 Å². The summed E-state index contributed by atoms with van der Waals surface area (Å²) in [4.78, 5) is 15.2. The highest BCUT2D eigenvalue weighted by atomic mass is 19.4. The molecule has 0 radical (unpaired) electrons. The van der Waals surface area contributed by atoms with E-state index in [1.807, 2.05) is 89.5 Å². The van der Waals surface area contributed by atoms with Crippen molar-refractivity contribution in [1.29, 1.82) is 57.9 Å². The first-order valence-corrected chi connectivity index (χ1v) is 32.6. The van der Waals surface area contributed by atoms with Crippen LogP contribution < -0.4 is 0 Å². The van der Waals surface area contributed by atoms with E-state index in [1.54, 1.807) is 102 Å². The maximum atomic E-state index is 16.0. The number of aryl methyl sites for hydroxylation is 1. The van der Waals surface area contributed by atoms with E-state index in [-0.39, 0.29) is 106 Å². The molecule has 3 aromatic heterocycles.